The predicted molar refractivity (Wildman–Crippen MR) is 56.3 cm³/mol. The minimum atomic E-state index is 0.805. The molecular weight excluding hydrogens is 174 g/mol. The average molecular weight is 187 g/mol. The Bertz CT molecular complexity index is 392. The summed E-state index contributed by atoms with van der Waals surface area (Å²) in [5.41, 5.74) is 2.19. The van der Waals surface area contributed by atoms with E-state index < -0.39 is 0 Å². The molecule has 0 amide bonds. The van der Waals surface area contributed by atoms with Gasteiger partial charge >= 0.3 is 0 Å². The topological polar surface area (TPSA) is 29.9 Å². The van der Waals surface area contributed by atoms with Crippen molar-refractivity contribution < 1.29 is 0 Å². The number of para-hydroxylation sites is 1. The minimum absolute atomic E-state index is 0.805. The van der Waals surface area contributed by atoms with Crippen molar-refractivity contribution in [1.82, 2.24) is 14.9 Å². The van der Waals surface area contributed by atoms with Crippen molar-refractivity contribution in [3.05, 3.63) is 48.5 Å². The van der Waals surface area contributed by atoms with Gasteiger partial charge in [-0.05, 0) is 19.2 Å². The highest BCUT2D eigenvalue weighted by Gasteiger charge is 1.98. The second-order valence-electron chi connectivity index (χ2n) is 3.14. The maximum Gasteiger partial charge on any atom is 0.0995 e. The lowest BCUT2D eigenvalue weighted by atomic mass is 10.3. The summed E-state index contributed by atoms with van der Waals surface area (Å²) in [4.78, 5) is 4.28. The van der Waals surface area contributed by atoms with Crippen molar-refractivity contribution in [1.29, 1.82) is 0 Å². The largest absolute Gasteiger partial charge is 0.314 e. The number of aromatic nitrogens is 2. The molecule has 2 aromatic rings. The van der Waals surface area contributed by atoms with Gasteiger partial charge in [-0.1, -0.05) is 18.2 Å². The number of nitrogens with zero attached hydrogens (tertiary/aromatic N) is 2. The van der Waals surface area contributed by atoms with Crippen LogP contribution >= 0.6 is 0 Å². The predicted octanol–water partition coefficient (Wildman–Crippen LogP) is 1.59. The molecule has 0 aliphatic heterocycles. The zero-order valence-corrected chi connectivity index (χ0v) is 8.14. The molecule has 0 aliphatic carbocycles. The number of benzene rings is 1. The molecule has 0 bridgehead atoms. The Morgan fingerprint density at radius 2 is 2.07 bits per heavy atom. The fourth-order valence-corrected chi connectivity index (χ4v) is 1.38. The van der Waals surface area contributed by atoms with E-state index in [9.17, 15) is 0 Å². The van der Waals surface area contributed by atoms with E-state index in [4.69, 9.17) is 0 Å². The Morgan fingerprint density at radius 1 is 1.29 bits per heavy atom. The van der Waals surface area contributed by atoms with Crippen molar-refractivity contribution in [3.63, 3.8) is 0 Å². The Labute approximate surface area is 83.4 Å². The van der Waals surface area contributed by atoms with Gasteiger partial charge in [-0.3, -0.25) is 0 Å². The number of imidazole rings is 1. The molecule has 1 heterocycles. The summed E-state index contributed by atoms with van der Waals surface area (Å²) in [5.74, 6) is 0. The second-order valence-corrected chi connectivity index (χ2v) is 3.14. The maximum absolute atomic E-state index is 4.28. The third-order valence-electron chi connectivity index (χ3n) is 2.05. The lowest BCUT2D eigenvalue weighted by Crippen LogP contribution is -2.04. The Kier molecular flexibility index (Phi) is 2.60. The van der Waals surface area contributed by atoms with Gasteiger partial charge in [-0.15, -0.1) is 0 Å². The van der Waals surface area contributed by atoms with E-state index in [1.165, 1.54) is 0 Å². The molecule has 3 nitrogen and oxygen atoms in total. The number of rotatable bonds is 3. The summed E-state index contributed by atoms with van der Waals surface area (Å²) >= 11 is 0. The summed E-state index contributed by atoms with van der Waals surface area (Å²) in [6, 6.07) is 10.2. The van der Waals surface area contributed by atoms with E-state index in [-0.39, 0.29) is 0 Å². The van der Waals surface area contributed by atoms with Gasteiger partial charge in [-0.2, -0.15) is 0 Å². The van der Waals surface area contributed by atoms with Gasteiger partial charge in [0, 0.05) is 18.4 Å². The fourth-order valence-electron chi connectivity index (χ4n) is 1.38. The van der Waals surface area contributed by atoms with Crippen molar-refractivity contribution >= 4 is 0 Å². The zero-order chi connectivity index (χ0) is 9.80. The summed E-state index contributed by atoms with van der Waals surface area (Å²) in [6.45, 7) is 0.805. The molecule has 14 heavy (non-hydrogen) atoms. The third-order valence-corrected chi connectivity index (χ3v) is 2.05. The van der Waals surface area contributed by atoms with Crippen LogP contribution in [-0.4, -0.2) is 16.6 Å². The first-order valence-electron chi connectivity index (χ1n) is 4.63. The van der Waals surface area contributed by atoms with Gasteiger partial charge in [0.05, 0.1) is 12.0 Å². The quantitative estimate of drug-likeness (QED) is 0.790. The normalized spacial score (nSPS) is 10.4. The van der Waals surface area contributed by atoms with Crippen LogP contribution in [-0.2, 0) is 6.54 Å². The lowest BCUT2D eigenvalue weighted by molar-refractivity contribution is 0.796. The van der Waals surface area contributed by atoms with E-state index in [2.05, 4.69) is 22.4 Å². The Morgan fingerprint density at radius 3 is 2.79 bits per heavy atom. The van der Waals surface area contributed by atoms with E-state index in [0.29, 0.717) is 0 Å². The first kappa shape index (κ1) is 8.97. The van der Waals surface area contributed by atoms with Crippen LogP contribution in [0, 0.1) is 0 Å². The van der Waals surface area contributed by atoms with Crippen molar-refractivity contribution in [3.8, 4) is 5.69 Å². The van der Waals surface area contributed by atoms with Crippen LogP contribution in [0.2, 0.25) is 0 Å². The van der Waals surface area contributed by atoms with Crippen LogP contribution in [0.3, 0.4) is 0 Å². The second kappa shape index (κ2) is 4.07. The van der Waals surface area contributed by atoms with Crippen LogP contribution in [0.4, 0.5) is 0 Å². The smallest absolute Gasteiger partial charge is 0.0995 e. The molecule has 0 radical (unpaired) electrons. The lowest BCUT2D eigenvalue weighted by Gasteiger charge is -1.99. The molecule has 0 aliphatic rings. The zero-order valence-electron chi connectivity index (χ0n) is 8.14. The van der Waals surface area contributed by atoms with Crippen LogP contribution in [0.5, 0.6) is 0 Å². The summed E-state index contributed by atoms with van der Waals surface area (Å²) in [7, 11) is 1.92. The van der Waals surface area contributed by atoms with E-state index in [0.717, 1.165) is 17.9 Å². The van der Waals surface area contributed by atoms with Gasteiger partial charge in [-0.25, -0.2) is 4.98 Å². The monoisotopic (exact) mass is 187 g/mol. The molecule has 1 aromatic carbocycles. The van der Waals surface area contributed by atoms with Gasteiger partial charge in [0.15, 0.2) is 0 Å². The van der Waals surface area contributed by atoms with Crippen molar-refractivity contribution in [2.45, 2.75) is 6.54 Å². The molecule has 2 rings (SSSR count). The van der Waals surface area contributed by atoms with Gasteiger partial charge < -0.3 is 9.88 Å². The summed E-state index contributed by atoms with van der Waals surface area (Å²) < 4.78 is 2.02. The molecule has 0 atom stereocenters. The SMILES string of the molecule is CNCc1cn(-c2ccccc2)cn1. The number of hydrogen-bond acceptors (Lipinski definition) is 2. The molecule has 0 spiro atoms. The fraction of sp³-hybridized carbons (Fsp3) is 0.182. The minimum Gasteiger partial charge on any atom is -0.314 e. The molecule has 0 saturated carbocycles. The molecule has 0 fully saturated rings. The number of nitrogens with one attached hydrogen (secondary N) is 1. The Balaban J connectivity index is 2.25. The number of hydrogen-bond donors (Lipinski definition) is 1. The van der Waals surface area contributed by atoms with Gasteiger partial charge in [0.25, 0.3) is 0 Å². The maximum atomic E-state index is 4.28. The molecule has 1 aromatic heterocycles. The van der Waals surface area contributed by atoms with Gasteiger partial charge in [0.1, 0.15) is 0 Å². The summed E-state index contributed by atoms with van der Waals surface area (Å²) in [6.07, 6.45) is 3.87. The van der Waals surface area contributed by atoms with E-state index >= 15 is 0 Å². The highest BCUT2D eigenvalue weighted by atomic mass is 15.0. The first-order valence-corrected chi connectivity index (χ1v) is 4.63. The van der Waals surface area contributed by atoms with Crippen LogP contribution < -0.4 is 5.32 Å². The van der Waals surface area contributed by atoms with E-state index in [1.54, 1.807) is 0 Å². The van der Waals surface area contributed by atoms with Crippen LogP contribution in [0.1, 0.15) is 5.69 Å². The molecule has 0 unspecified atom stereocenters. The molecular formula is C11H13N3. The average Bonchev–Trinajstić information content (AvgIpc) is 2.68. The third kappa shape index (κ3) is 1.83. The summed E-state index contributed by atoms with van der Waals surface area (Å²) in [5, 5.41) is 3.07. The first-order chi connectivity index (χ1) is 6.90. The van der Waals surface area contributed by atoms with Crippen molar-refractivity contribution in [2.24, 2.45) is 0 Å². The van der Waals surface area contributed by atoms with Crippen molar-refractivity contribution in [2.75, 3.05) is 7.05 Å². The Hall–Kier alpha value is -1.61. The molecule has 1 N–H and O–H groups in total. The van der Waals surface area contributed by atoms with Crippen LogP contribution in [0.25, 0.3) is 5.69 Å². The standard InChI is InChI=1S/C11H13N3/c1-12-7-10-8-14(9-13-10)11-5-3-2-4-6-11/h2-6,8-9,12H,7H2,1H3. The van der Waals surface area contributed by atoms with Gasteiger partial charge in [0.2, 0.25) is 0 Å². The molecule has 0 saturated heterocycles. The molecule has 3 heteroatoms. The van der Waals surface area contributed by atoms with E-state index in [1.807, 2.05) is 42.3 Å². The van der Waals surface area contributed by atoms with Crippen LogP contribution in [0.15, 0.2) is 42.9 Å². The highest BCUT2D eigenvalue weighted by Crippen LogP contribution is 2.07. The molecule has 72 valence electrons. The highest BCUT2D eigenvalue weighted by molar-refractivity contribution is 5.31.